The Morgan fingerprint density at radius 1 is 0.944 bits per heavy atom. The van der Waals surface area contributed by atoms with Crippen molar-refractivity contribution in [3.63, 3.8) is 0 Å². The Hall–Kier alpha value is -1.80. The summed E-state index contributed by atoms with van der Waals surface area (Å²) < 4.78 is 0. The van der Waals surface area contributed by atoms with Gasteiger partial charge in [0.15, 0.2) is 0 Å². The van der Waals surface area contributed by atoms with E-state index in [1.54, 1.807) is 12.1 Å². The second-order valence-electron chi connectivity index (χ2n) is 5.09. The van der Waals surface area contributed by atoms with Crippen LogP contribution in [0.5, 0.6) is 5.75 Å². The van der Waals surface area contributed by atoms with Crippen LogP contribution in [0.4, 0.5) is 0 Å². The number of hydrogen-bond acceptors (Lipinski definition) is 2. The summed E-state index contributed by atoms with van der Waals surface area (Å²) in [5, 5.41) is 12.7. The van der Waals surface area contributed by atoms with E-state index in [9.17, 15) is 5.11 Å². The van der Waals surface area contributed by atoms with Crippen LogP contribution in [0.3, 0.4) is 0 Å². The highest BCUT2D eigenvalue weighted by atomic mass is 16.3. The molecule has 2 heteroatoms. The average Bonchev–Trinajstić information content (AvgIpc) is 2.37. The number of nitrogens with one attached hydrogen (secondary N) is 1. The van der Waals surface area contributed by atoms with Gasteiger partial charge in [0.1, 0.15) is 5.75 Å². The molecular formula is C16H17NO. The first kappa shape index (κ1) is 11.3. The Labute approximate surface area is 107 Å². The van der Waals surface area contributed by atoms with Crippen LogP contribution in [0.2, 0.25) is 0 Å². The lowest BCUT2D eigenvalue weighted by Crippen LogP contribution is -2.58. The highest BCUT2D eigenvalue weighted by Crippen LogP contribution is 2.32. The molecule has 0 aliphatic carbocycles. The van der Waals surface area contributed by atoms with Crippen LogP contribution in [-0.4, -0.2) is 18.2 Å². The standard InChI is InChI=1S/C16H17NO/c18-15-8-6-13(7-9-15)10-16(11-17-12-16)14-4-2-1-3-5-14/h1-9,17-18H,10-12H2. The van der Waals surface area contributed by atoms with Gasteiger partial charge in [0.05, 0.1) is 0 Å². The fourth-order valence-electron chi connectivity index (χ4n) is 2.65. The van der Waals surface area contributed by atoms with Crippen molar-refractivity contribution in [2.45, 2.75) is 11.8 Å². The Bertz CT molecular complexity index is 515. The Kier molecular flexibility index (Phi) is 2.80. The van der Waals surface area contributed by atoms with Gasteiger partial charge >= 0.3 is 0 Å². The van der Waals surface area contributed by atoms with E-state index < -0.39 is 0 Å². The fraction of sp³-hybridized carbons (Fsp3) is 0.250. The van der Waals surface area contributed by atoms with Crippen LogP contribution >= 0.6 is 0 Å². The van der Waals surface area contributed by atoms with Gasteiger partial charge < -0.3 is 10.4 Å². The molecule has 92 valence electrons. The van der Waals surface area contributed by atoms with Gasteiger partial charge in [0.25, 0.3) is 0 Å². The van der Waals surface area contributed by atoms with Gasteiger partial charge in [0, 0.05) is 18.5 Å². The minimum Gasteiger partial charge on any atom is -0.508 e. The predicted molar refractivity (Wildman–Crippen MR) is 72.8 cm³/mol. The molecule has 3 rings (SSSR count). The summed E-state index contributed by atoms with van der Waals surface area (Å²) in [6.07, 6.45) is 1.02. The van der Waals surface area contributed by atoms with E-state index in [0.717, 1.165) is 19.5 Å². The molecule has 0 bridgehead atoms. The Morgan fingerprint density at radius 3 is 2.17 bits per heavy atom. The van der Waals surface area contributed by atoms with Gasteiger partial charge in [-0.15, -0.1) is 0 Å². The van der Waals surface area contributed by atoms with Gasteiger partial charge in [-0.2, -0.15) is 0 Å². The maximum atomic E-state index is 9.33. The summed E-state index contributed by atoms with van der Waals surface area (Å²) >= 11 is 0. The first-order valence-corrected chi connectivity index (χ1v) is 6.33. The highest BCUT2D eigenvalue weighted by molar-refractivity contribution is 5.35. The zero-order chi connectivity index (χ0) is 12.4. The SMILES string of the molecule is Oc1ccc(CC2(c3ccccc3)CNC2)cc1. The Balaban J connectivity index is 1.87. The number of rotatable bonds is 3. The Morgan fingerprint density at radius 2 is 1.61 bits per heavy atom. The summed E-state index contributed by atoms with van der Waals surface area (Å²) in [5.41, 5.74) is 2.90. The van der Waals surface area contributed by atoms with E-state index in [0.29, 0.717) is 5.75 Å². The van der Waals surface area contributed by atoms with E-state index in [2.05, 4.69) is 35.6 Å². The number of phenolic OH excluding ortho intramolecular Hbond substituents is 1. The van der Waals surface area contributed by atoms with E-state index in [1.165, 1.54) is 11.1 Å². The van der Waals surface area contributed by atoms with Crippen molar-refractivity contribution in [3.8, 4) is 5.75 Å². The summed E-state index contributed by atoms with van der Waals surface area (Å²) in [6.45, 7) is 2.05. The predicted octanol–water partition coefficient (Wildman–Crippen LogP) is 2.48. The third kappa shape index (κ3) is 2.00. The quantitative estimate of drug-likeness (QED) is 0.862. The topological polar surface area (TPSA) is 32.3 Å². The molecule has 18 heavy (non-hydrogen) atoms. The molecule has 0 amide bonds. The molecular weight excluding hydrogens is 222 g/mol. The molecule has 0 atom stereocenters. The zero-order valence-electron chi connectivity index (χ0n) is 10.3. The van der Waals surface area contributed by atoms with Crippen LogP contribution in [0.15, 0.2) is 54.6 Å². The summed E-state index contributed by atoms with van der Waals surface area (Å²) in [5.74, 6) is 0.333. The third-order valence-corrected chi connectivity index (χ3v) is 3.79. The largest absolute Gasteiger partial charge is 0.508 e. The first-order valence-electron chi connectivity index (χ1n) is 6.33. The molecule has 1 aliphatic heterocycles. The minimum absolute atomic E-state index is 0.220. The molecule has 0 unspecified atom stereocenters. The van der Waals surface area contributed by atoms with Crippen LogP contribution in [0.1, 0.15) is 11.1 Å². The lowest BCUT2D eigenvalue weighted by atomic mass is 9.71. The van der Waals surface area contributed by atoms with Gasteiger partial charge in [-0.1, -0.05) is 42.5 Å². The van der Waals surface area contributed by atoms with Gasteiger partial charge in [0.2, 0.25) is 0 Å². The second-order valence-corrected chi connectivity index (χ2v) is 5.09. The first-order chi connectivity index (χ1) is 8.78. The van der Waals surface area contributed by atoms with E-state index >= 15 is 0 Å². The van der Waals surface area contributed by atoms with Crippen LogP contribution < -0.4 is 5.32 Å². The number of benzene rings is 2. The van der Waals surface area contributed by atoms with Crippen LogP contribution in [-0.2, 0) is 11.8 Å². The second kappa shape index (κ2) is 4.46. The fourth-order valence-corrected chi connectivity index (χ4v) is 2.65. The number of hydrogen-bond donors (Lipinski definition) is 2. The maximum absolute atomic E-state index is 9.33. The van der Waals surface area contributed by atoms with Crippen molar-refractivity contribution in [3.05, 3.63) is 65.7 Å². The van der Waals surface area contributed by atoms with E-state index in [-0.39, 0.29) is 5.41 Å². The molecule has 2 aromatic rings. The monoisotopic (exact) mass is 239 g/mol. The molecule has 0 aromatic heterocycles. The molecule has 0 radical (unpaired) electrons. The van der Waals surface area contributed by atoms with Crippen molar-refractivity contribution in [2.24, 2.45) is 0 Å². The van der Waals surface area contributed by atoms with Crippen molar-refractivity contribution in [1.29, 1.82) is 0 Å². The van der Waals surface area contributed by atoms with Gasteiger partial charge in [-0.25, -0.2) is 0 Å². The van der Waals surface area contributed by atoms with Gasteiger partial charge in [-0.05, 0) is 29.7 Å². The third-order valence-electron chi connectivity index (χ3n) is 3.79. The molecule has 1 aliphatic rings. The van der Waals surface area contributed by atoms with E-state index in [4.69, 9.17) is 0 Å². The molecule has 1 heterocycles. The summed E-state index contributed by atoms with van der Waals surface area (Å²) in [4.78, 5) is 0. The molecule has 0 spiro atoms. The lowest BCUT2D eigenvalue weighted by Gasteiger charge is -2.43. The number of phenols is 1. The lowest BCUT2D eigenvalue weighted by molar-refractivity contribution is 0.274. The molecule has 1 saturated heterocycles. The molecule has 2 nitrogen and oxygen atoms in total. The summed E-state index contributed by atoms with van der Waals surface area (Å²) in [6, 6.07) is 18.2. The summed E-state index contributed by atoms with van der Waals surface area (Å²) in [7, 11) is 0. The molecule has 2 aromatic carbocycles. The zero-order valence-corrected chi connectivity index (χ0v) is 10.3. The molecule has 0 saturated carbocycles. The van der Waals surface area contributed by atoms with Gasteiger partial charge in [-0.3, -0.25) is 0 Å². The minimum atomic E-state index is 0.220. The normalized spacial score (nSPS) is 17.1. The highest BCUT2D eigenvalue weighted by Gasteiger charge is 2.38. The number of aromatic hydroxyl groups is 1. The average molecular weight is 239 g/mol. The van der Waals surface area contributed by atoms with Crippen LogP contribution in [0, 0.1) is 0 Å². The van der Waals surface area contributed by atoms with E-state index in [1.807, 2.05) is 12.1 Å². The molecule has 2 N–H and O–H groups in total. The maximum Gasteiger partial charge on any atom is 0.115 e. The van der Waals surface area contributed by atoms with Crippen molar-refractivity contribution in [1.82, 2.24) is 5.32 Å². The smallest absolute Gasteiger partial charge is 0.115 e. The van der Waals surface area contributed by atoms with Crippen molar-refractivity contribution in [2.75, 3.05) is 13.1 Å². The molecule has 1 fully saturated rings. The van der Waals surface area contributed by atoms with Crippen LogP contribution in [0.25, 0.3) is 0 Å². The van der Waals surface area contributed by atoms with Crippen molar-refractivity contribution < 1.29 is 5.11 Å². The van der Waals surface area contributed by atoms with Crippen molar-refractivity contribution >= 4 is 0 Å².